The fourth-order valence-electron chi connectivity index (χ4n) is 7.74. The Bertz CT molecular complexity index is 1150. The second-order valence-corrected chi connectivity index (χ2v) is 14.9. The quantitative estimate of drug-likeness (QED) is 0.209. The molecule has 0 amide bonds. The first-order valence-electron chi connectivity index (χ1n) is 18.0. The summed E-state index contributed by atoms with van der Waals surface area (Å²) in [5, 5.41) is 43.0. The van der Waals surface area contributed by atoms with Crippen LogP contribution in [0.15, 0.2) is 12.2 Å². The maximum atomic E-state index is 13.4. The second-order valence-electron chi connectivity index (χ2n) is 14.9. The van der Waals surface area contributed by atoms with Crippen LogP contribution in [0.25, 0.3) is 0 Å². The summed E-state index contributed by atoms with van der Waals surface area (Å²) in [5.41, 5.74) is -1.84. The summed E-state index contributed by atoms with van der Waals surface area (Å²) in [6.45, 7) is 12.4. The van der Waals surface area contributed by atoms with Crippen molar-refractivity contribution in [3.63, 3.8) is 0 Å². The Morgan fingerprint density at radius 2 is 1.62 bits per heavy atom. The van der Waals surface area contributed by atoms with Gasteiger partial charge in [-0.05, 0) is 46.5 Å². The molecule has 0 aromatic heterocycles. The van der Waals surface area contributed by atoms with Crippen LogP contribution in [0.4, 0.5) is 0 Å². The van der Waals surface area contributed by atoms with Crippen LogP contribution in [0.3, 0.4) is 0 Å². The molecule has 0 saturated carbocycles. The molecule has 0 aromatic carbocycles. The summed E-state index contributed by atoms with van der Waals surface area (Å²) >= 11 is 0. The van der Waals surface area contributed by atoms with Crippen LogP contribution in [0.2, 0.25) is 0 Å². The number of ketones is 1. The summed E-state index contributed by atoms with van der Waals surface area (Å²) in [7, 11) is 2.97. The molecule has 14 nitrogen and oxygen atoms in total. The molecule has 14 heteroatoms. The van der Waals surface area contributed by atoms with Crippen LogP contribution in [0.5, 0.6) is 0 Å². The van der Waals surface area contributed by atoms with Crippen molar-refractivity contribution in [1.82, 2.24) is 0 Å². The fraction of sp³-hybridized carbons (Fsp3) is 0.889. The van der Waals surface area contributed by atoms with E-state index in [4.69, 9.17) is 37.9 Å². The third kappa shape index (κ3) is 9.51. The smallest absolute Gasteiger partial charge is 0.330 e. The summed E-state index contributed by atoms with van der Waals surface area (Å²) in [5.74, 6) is -1.86. The zero-order chi connectivity index (χ0) is 37.1. The van der Waals surface area contributed by atoms with Gasteiger partial charge in [0.05, 0.1) is 43.2 Å². The van der Waals surface area contributed by atoms with Gasteiger partial charge in [-0.25, -0.2) is 4.79 Å². The first-order chi connectivity index (χ1) is 23.5. The number of methoxy groups -OCH3 is 2. The largest absolute Gasteiger partial charge is 0.459 e. The lowest BCUT2D eigenvalue weighted by atomic mass is 9.82. The number of hydrogen-bond acceptors (Lipinski definition) is 14. The van der Waals surface area contributed by atoms with E-state index >= 15 is 0 Å². The van der Waals surface area contributed by atoms with Crippen molar-refractivity contribution in [2.75, 3.05) is 20.8 Å². The van der Waals surface area contributed by atoms with E-state index < -0.39 is 90.9 Å². The monoisotopic (exact) mass is 716 g/mol. The number of Topliss-reactive ketones (excluding diaryl/α,β-unsaturated/α-hetero) is 1. The molecule has 4 aliphatic heterocycles. The lowest BCUT2D eigenvalue weighted by Crippen LogP contribution is -2.63. The lowest BCUT2D eigenvalue weighted by Gasteiger charge is -2.47. The van der Waals surface area contributed by atoms with E-state index in [1.54, 1.807) is 26.8 Å². The van der Waals surface area contributed by atoms with Gasteiger partial charge in [-0.1, -0.05) is 26.8 Å². The van der Waals surface area contributed by atoms with Crippen LogP contribution >= 0.6 is 0 Å². The van der Waals surface area contributed by atoms with Gasteiger partial charge in [-0.15, -0.1) is 0 Å². The average molecular weight is 717 g/mol. The van der Waals surface area contributed by atoms with Crippen LogP contribution < -0.4 is 0 Å². The van der Waals surface area contributed by atoms with Crippen LogP contribution in [-0.2, 0) is 47.5 Å². The maximum absolute atomic E-state index is 13.4. The molecule has 4 heterocycles. The summed E-state index contributed by atoms with van der Waals surface area (Å²) < 4.78 is 47.4. The SMILES string of the molecule is CO[C@@H]1[C@H](O)[C@@H](C)O[C@@H](OC[C@H]2[C@@H]3O[C@H]3CCC(=O)[C@H](C)C[C@H](C)[C@H](O[C@@H]3O[C@H](C)C[C@](O)([C@H](C)O)[C@H]3O)[C@@H](C)/C=C/C(=O)O[C@@H]2C)[C@@H]1OC. The van der Waals surface area contributed by atoms with Gasteiger partial charge in [-0.2, -0.15) is 0 Å². The highest BCUT2D eigenvalue weighted by molar-refractivity contribution is 5.82. The highest BCUT2D eigenvalue weighted by Gasteiger charge is 2.52. The molecule has 0 aromatic rings. The van der Waals surface area contributed by atoms with Gasteiger partial charge in [0, 0.05) is 50.9 Å². The average Bonchev–Trinajstić information content (AvgIpc) is 3.83. The second kappa shape index (κ2) is 17.5. The first-order valence-corrected chi connectivity index (χ1v) is 18.0. The highest BCUT2D eigenvalue weighted by Crippen LogP contribution is 2.39. The van der Waals surface area contributed by atoms with Crippen LogP contribution in [0.1, 0.15) is 74.1 Å². The molecule has 4 aliphatic rings. The number of fused-ring (bicyclic) bond motifs is 1. The van der Waals surface area contributed by atoms with Gasteiger partial charge in [-0.3, -0.25) is 4.79 Å². The number of rotatable bonds is 8. The van der Waals surface area contributed by atoms with Crippen molar-refractivity contribution in [3.8, 4) is 0 Å². The molecule has 50 heavy (non-hydrogen) atoms. The van der Waals surface area contributed by atoms with Gasteiger partial charge in [0.2, 0.25) is 0 Å². The fourth-order valence-corrected chi connectivity index (χ4v) is 7.74. The Balaban J connectivity index is 1.53. The van der Waals surface area contributed by atoms with E-state index in [-0.39, 0.29) is 42.9 Å². The molecule has 0 bridgehead atoms. The third-order valence-electron chi connectivity index (χ3n) is 11.0. The third-order valence-corrected chi connectivity index (χ3v) is 11.0. The van der Waals surface area contributed by atoms with Gasteiger partial charge >= 0.3 is 5.97 Å². The molecule has 3 saturated heterocycles. The lowest BCUT2D eigenvalue weighted by molar-refractivity contribution is -0.322. The molecule has 0 unspecified atom stereocenters. The van der Waals surface area contributed by atoms with Crippen molar-refractivity contribution < 1.29 is 67.9 Å². The van der Waals surface area contributed by atoms with E-state index in [2.05, 4.69) is 0 Å². The van der Waals surface area contributed by atoms with E-state index in [9.17, 15) is 30.0 Å². The molecular formula is C36H60O14. The molecule has 0 radical (unpaired) electrons. The van der Waals surface area contributed by atoms with Crippen molar-refractivity contribution in [1.29, 1.82) is 0 Å². The van der Waals surface area contributed by atoms with E-state index in [0.717, 1.165) is 0 Å². The molecule has 18 atom stereocenters. The van der Waals surface area contributed by atoms with E-state index in [1.807, 2.05) is 20.8 Å². The number of carbonyl (C=O) groups excluding carboxylic acids is 2. The van der Waals surface area contributed by atoms with Gasteiger partial charge < -0.3 is 58.3 Å². The summed E-state index contributed by atoms with van der Waals surface area (Å²) in [4.78, 5) is 26.6. The number of hydrogen-bond donors (Lipinski definition) is 4. The number of esters is 1. The molecule has 4 N–H and O–H groups in total. The minimum Gasteiger partial charge on any atom is -0.459 e. The van der Waals surface area contributed by atoms with E-state index in [0.29, 0.717) is 19.3 Å². The number of cyclic esters (lactones) is 1. The maximum Gasteiger partial charge on any atom is 0.330 e. The number of carbonyl (C=O) groups is 2. The van der Waals surface area contributed by atoms with Gasteiger partial charge in [0.25, 0.3) is 0 Å². The number of aliphatic hydroxyl groups is 4. The normalized spacial score (nSPS) is 47.9. The highest BCUT2D eigenvalue weighted by atomic mass is 16.7. The molecule has 3 fully saturated rings. The zero-order valence-electron chi connectivity index (χ0n) is 30.9. The first kappa shape index (κ1) is 41.2. The Hall–Kier alpha value is -1.56. The summed E-state index contributed by atoms with van der Waals surface area (Å²) in [6.07, 6.45) is -5.87. The standard InChI is InChI=1S/C36H60O14/c1-17-10-13-27(39)47-21(5)24(16-45-34-32(44-9)31(43-8)28(40)22(6)48-34)30-26(49-30)12-11-25(38)18(2)14-19(3)29(17)50-35-33(41)36(42,23(7)37)15-20(4)46-35/h10,13,17-24,26,28-35,37,40-42H,11-12,14-16H2,1-9H3/b13-10+/t17-,18+,19-,20+,21+,22+,23-,24+,26-,28+,29+,30-,31+,32+,33-,34+,35-,36-/m0/s1. The predicted molar refractivity (Wildman–Crippen MR) is 178 cm³/mol. The van der Waals surface area contributed by atoms with Gasteiger partial charge in [0.15, 0.2) is 12.6 Å². The number of aliphatic hydroxyl groups excluding tert-OH is 3. The molecule has 0 aliphatic carbocycles. The number of epoxide rings is 1. The topological polar surface area (TPSA) is 192 Å². The number of ether oxygens (including phenoxy) is 8. The van der Waals surface area contributed by atoms with Crippen molar-refractivity contribution in [3.05, 3.63) is 12.2 Å². The van der Waals surface area contributed by atoms with Crippen molar-refractivity contribution in [2.24, 2.45) is 23.7 Å². The Labute approximate surface area is 295 Å². The minimum absolute atomic E-state index is 0.0189. The van der Waals surface area contributed by atoms with Crippen LogP contribution in [-0.4, -0.2) is 138 Å². The molecule has 0 spiro atoms. The van der Waals surface area contributed by atoms with Crippen molar-refractivity contribution in [2.45, 2.75) is 159 Å². The Morgan fingerprint density at radius 1 is 0.940 bits per heavy atom. The van der Waals surface area contributed by atoms with E-state index in [1.165, 1.54) is 27.2 Å². The Morgan fingerprint density at radius 3 is 2.26 bits per heavy atom. The molecular weight excluding hydrogens is 656 g/mol. The molecule has 288 valence electrons. The van der Waals surface area contributed by atoms with Gasteiger partial charge in [0.1, 0.15) is 41.9 Å². The minimum atomic E-state index is -1.84. The zero-order valence-corrected chi connectivity index (χ0v) is 30.9. The molecule has 4 rings (SSSR count). The van der Waals surface area contributed by atoms with Crippen molar-refractivity contribution >= 4 is 11.8 Å². The summed E-state index contributed by atoms with van der Waals surface area (Å²) in [6, 6.07) is 0. The Kier molecular flexibility index (Phi) is 14.4. The van der Waals surface area contributed by atoms with Crippen LogP contribution in [0, 0.1) is 23.7 Å². The predicted octanol–water partition coefficient (Wildman–Crippen LogP) is 1.66.